The second-order valence-electron chi connectivity index (χ2n) is 26.7. The Labute approximate surface area is 817 Å². The smallest absolute Gasteiger partial charge is 0.0991 e. The van der Waals surface area contributed by atoms with Gasteiger partial charge in [0.25, 0.3) is 0 Å². The molecule has 0 aliphatic rings. The minimum Gasteiger partial charge on any atom is -0.305 e. The minimum absolute atomic E-state index is 0. The van der Waals surface area contributed by atoms with Crippen molar-refractivity contribution in [3.8, 4) is 141 Å². The van der Waals surface area contributed by atoms with Crippen LogP contribution in [0.2, 0.25) is 0 Å². The van der Waals surface area contributed by atoms with Gasteiger partial charge >= 0.3 is 0 Å². The largest absolute Gasteiger partial charge is 0.305 e. The molecule has 0 spiro atoms. The van der Waals surface area contributed by atoms with Crippen LogP contribution in [0.3, 0.4) is 0 Å². The second-order valence-corrected chi connectivity index (χ2v) is 26.7. The SMILES string of the molecule is Cc1cccc(-c2[c-]cccc2)n1.Cc1ccccc1-c1ccc(-c2[c-]cccc2)nc1.Cc1ccccc1-c1ccnc(-c2[c-]cccc2)c1.N#Cc1ccc(-c2ccc(-c3[c-]cccc3)nc2)cc1.[2H]c1c([2H])c([2H])c(-c2ccc(-c3[c-]cccc3)nc2)c([2H])c1[2H].[2H]c1c([2H])c([2H])c(-c2cnc(-c3[c-]cccc3)cc2C)c([2H])c1[2H].[Ir].[Ir].[Ir].[Ir].[Ir].[c-]1ccccc1-c1ccccn1. The first-order valence-electron chi connectivity index (χ1n) is 43.5. The molecule has 5 radical (unpaired) electrons. The monoisotopic (exact) mass is 2510 g/mol. The molecule has 0 amide bonds. The van der Waals surface area contributed by atoms with Crippen molar-refractivity contribution in [2.24, 2.45) is 0 Å². The average Bonchev–Trinajstić information content (AvgIpc) is 0.777. The molecular formula is C112H83Ir5N8-7. The molecule has 13 heteroatoms. The molecule has 19 rings (SSSR count). The Morgan fingerprint density at radius 1 is 0.248 bits per heavy atom. The fourth-order valence-electron chi connectivity index (χ4n) is 12.2. The van der Waals surface area contributed by atoms with E-state index in [1.54, 1.807) is 36.7 Å². The summed E-state index contributed by atoms with van der Waals surface area (Å²) in [5.41, 5.74) is 26.3. The van der Waals surface area contributed by atoms with E-state index in [0.29, 0.717) is 22.4 Å². The Morgan fingerprint density at radius 2 is 0.600 bits per heavy atom. The maximum Gasteiger partial charge on any atom is 0.0991 e. The molecule has 7 heterocycles. The van der Waals surface area contributed by atoms with Crippen LogP contribution in [0.1, 0.15) is 41.7 Å². The van der Waals surface area contributed by atoms with Gasteiger partial charge in [0.15, 0.2) is 0 Å². The number of aryl methyl sites for hydroxylation is 4. The van der Waals surface area contributed by atoms with Crippen LogP contribution in [0.5, 0.6) is 0 Å². The van der Waals surface area contributed by atoms with Crippen molar-refractivity contribution < 1.29 is 114 Å². The van der Waals surface area contributed by atoms with Crippen molar-refractivity contribution in [3.05, 3.63) is 502 Å². The van der Waals surface area contributed by atoms with Crippen molar-refractivity contribution in [3.63, 3.8) is 0 Å². The molecule has 0 bridgehead atoms. The number of aromatic nitrogens is 7. The van der Waals surface area contributed by atoms with E-state index in [2.05, 4.69) is 164 Å². The normalized spacial score (nSPS) is 10.9. The minimum atomic E-state index is -0.396. The molecule has 7 aromatic heterocycles. The molecule has 0 N–H and O–H groups in total. The molecule has 0 unspecified atom stereocenters. The summed E-state index contributed by atoms with van der Waals surface area (Å²) in [5.74, 6) is 0. The number of nitriles is 1. The number of nitrogens with zero attached hydrogens (tertiary/aromatic N) is 8. The first-order chi connectivity index (χ1) is 63.3. The van der Waals surface area contributed by atoms with Gasteiger partial charge in [-0.05, 0) is 165 Å². The van der Waals surface area contributed by atoms with Crippen molar-refractivity contribution in [1.29, 1.82) is 5.26 Å². The van der Waals surface area contributed by atoms with E-state index >= 15 is 0 Å². The van der Waals surface area contributed by atoms with Gasteiger partial charge in [0.2, 0.25) is 0 Å². The van der Waals surface area contributed by atoms with Gasteiger partial charge in [-0.25, -0.2) is 0 Å². The maximum absolute atomic E-state index is 8.80. The van der Waals surface area contributed by atoms with Crippen molar-refractivity contribution in [1.82, 2.24) is 34.9 Å². The molecule has 8 nitrogen and oxygen atoms in total. The maximum atomic E-state index is 8.80. The van der Waals surface area contributed by atoms with E-state index in [1.165, 1.54) is 34.0 Å². The van der Waals surface area contributed by atoms with Crippen molar-refractivity contribution in [2.45, 2.75) is 27.7 Å². The summed E-state index contributed by atoms with van der Waals surface area (Å²) in [6.45, 7) is 8.08. The van der Waals surface area contributed by atoms with E-state index in [9.17, 15) is 0 Å². The Hall–Kier alpha value is -12.6. The first kappa shape index (κ1) is 83.3. The van der Waals surface area contributed by atoms with Crippen LogP contribution in [0, 0.1) is 81.5 Å². The van der Waals surface area contributed by atoms with Crippen molar-refractivity contribution in [2.75, 3.05) is 0 Å². The molecular weight excluding hydrogens is 2420 g/mol. The topological polar surface area (TPSA) is 114 Å². The number of hydrogen-bond acceptors (Lipinski definition) is 8. The predicted molar refractivity (Wildman–Crippen MR) is 490 cm³/mol. The summed E-state index contributed by atoms with van der Waals surface area (Å²) in [7, 11) is 0. The molecule has 0 aliphatic heterocycles. The molecule has 0 saturated heterocycles. The second kappa shape index (κ2) is 52.8. The average molecular weight is 2510 g/mol. The van der Waals surface area contributed by atoms with Crippen LogP contribution in [-0.4, -0.2) is 34.9 Å². The zero-order valence-corrected chi connectivity index (χ0v) is 79.9. The number of rotatable bonds is 12. The number of pyridine rings is 7. The van der Waals surface area contributed by atoms with Crippen LogP contribution in [0.15, 0.2) is 431 Å². The van der Waals surface area contributed by atoms with Crippen LogP contribution >= 0.6 is 0 Å². The van der Waals surface area contributed by atoms with Gasteiger partial charge in [0.1, 0.15) is 0 Å². The molecule has 12 aromatic carbocycles. The van der Waals surface area contributed by atoms with Crippen LogP contribution < -0.4 is 0 Å². The molecule has 0 aliphatic carbocycles. The Balaban J connectivity index is 0.000000194. The van der Waals surface area contributed by atoms with Crippen LogP contribution in [-0.2, 0) is 101 Å². The summed E-state index contributed by atoms with van der Waals surface area (Å²) in [6.07, 6.45) is 10.5. The van der Waals surface area contributed by atoms with Gasteiger partial charge in [-0.1, -0.05) is 194 Å². The third-order valence-electron chi connectivity index (χ3n) is 18.4. The molecule has 125 heavy (non-hydrogen) atoms. The fraction of sp³-hybridized carbons (Fsp3) is 0.0357. The zero-order valence-electron chi connectivity index (χ0n) is 78.0. The van der Waals surface area contributed by atoms with Gasteiger partial charge in [-0.3, -0.25) is 0 Å². The van der Waals surface area contributed by atoms with E-state index in [4.69, 9.17) is 19.0 Å². The Morgan fingerprint density at radius 3 is 0.992 bits per heavy atom. The van der Waals surface area contributed by atoms with Crippen LogP contribution in [0.25, 0.3) is 134 Å². The summed E-state index contributed by atoms with van der Waals surface area (Å²) >= 11 is 0. The van der Waals surface area contributed by atoms with Gasteiger partial charge < -0.3 is 34.9 Å². The van der Waals surface area contributed by atoms with Gasteiger partial charge in [0.05, 0.1) is 25.3 Å². The number of benzene rings is 12. The Kier molecular flexibility index (Phi) is 35.2. The standard InChI is InChI=1S/C18H11N2.3C18H14N.C17H12N.C12H10N.C11H8N.5Ir/c19-12-14-6-8-15(9-7-14)17-10-11-18(20-13-17)16-4-2-1-3-5-16;1-14-12-18(16-10-6-3-7-11-16)19-13-17(14)15-8-4-2-5-9-15;1-14-7-5-6-10-17(14)16-11-12-19-18(13-16)15-8-3-2-4-9-15;1-14-7-5-6-10-17(14)16-11-12-18(19-13-16)15-8-3-2-4-9-15;1-3-7-14(8-4-1)16-11-12-17(18-13-16)15-9-5-2-6-10-15;1-10-6-5-9-12(13-10)11-7-3-2-4-8-11;1-2-6-10(7-3-1)11-8-4-5-9-12-11;;;;;/h1-4,6-11,13H;2-10,12-13H,1H3;2*2-8,10-13H,1H3;1-9,11-13H;2-7,9H,1H3;1-6,8-9H;;;;;/q7*-1;;;;;/i;2D,4D,5D,8D,9D;;;1D,3D,4D,7D,8D;;;;;;;. The number of hydrogen-bond donors (Lipinski definition) is 0. The quantitative estimate of drug-likeness (QED) is 0.111. The summed E-state index contributed by atoms with van der Waals surface area (Å²) in [4.78, 5) is 30.8. The van der Waals surface area contributed by atoms with E-state index in [-0.39, 0.29) is 160 Å². The first-order valence-corrected chi connectivity index (χ1v) is 38.5. The summed E-state index contributed by atoms with van der Waals surface area (Å²) < 4.78 is 78.5. The molecule has 623 valence electrons. The van der Waals surface area contributed by atoms with Crippen molar-refractivity contribution >= 4 is 0 Å². The molecule has 0 saturated carbocycles. The van der Waals surface area contributed by atoms with E-state index in [0.717, 1.165) is 101 Å². The predicted octanol–water partition coefficient (Wildman–Crippen LogP) is 27.3. The fourth-order valence-corrected chi connectivity index (χ4v) is 12.2. The summed E-state index contributed by atoms with van der Waals surface area (Å²) in [5, 5.41) is 8.80. The van der Waals surface area contributed by atoms with E-state index in [1.807, 2.05) is 275 Å². The van der Waals surface area contributed by atoms with Gasteiger partial charge in [-0.2, -0.15) is 5.26 Å². The third kappa shape index (κ3) is 29.6. The van der Waals surface area contributed by atoms with Crippen LogP contribution in [0.4, 0.5) is 0 Å². The molecule has 19 aromatic rings. The van der Waals surface area contributed by atoms with Gasteiger partial charge in [0, 0.05) is 149 Å². The zero-order chi connectivity index (χ0) is 91.3. The third-order valence-corrected chi connectivity index (χ3v) is 18.4. The van der Waals surface area contributed by atoms with E-state index < -0.39 is 12.1 Å². The molecule has 0 fully saturated rings. The molecule has 0 atom stereocenters. The summed E-state index contributed by atoms with van der Waals surface area (Å²) in [6, 6.07) is 129. The Bertz CT molecular complexity index is 6890. The van der Waals surface area contributed by atoms with Gasteiger partial charge in [-0.15, -0.1) is 251 Å².